The van der Waals surface area contributed by atoms with Crippen molar-refractivity contribution in [1.29, 1.82) is 0 Å². The Labute approximate surface area is 178 Å². The number of hydrogen-bond acceptors (Lipinski definition) is 3. The number of aliphatic hydroxyl groups excluding tert-OH is 1. The highest BCUT2D eigenvalue weighted by molar-refractivity contribution is 7.13. The Morgan fingerprint density at radius 2 is 2.07 bits per heavy atom. The fourth-order valence-electron chi connectivity index (χ4n) is 4.22. The summed E-state index contributed by atoms with van der Waals surface area (Å²) < 4.78 is 0. The number of carboxylic acids is 1. The highest BCUT2D eigenvalue weighted by atomic mass is 35.5. The number of halogens is 1. The van der Waals surface area contributed by atoms with Crippen molar-refractivity contribution in [1.82, 2.24) is 0 Å². The van der Waals surface area contributed by atoms with Gasteiger partial charge in [0.1, 0.15) is 4.88 Å². The van der Waals surface area contributed by atoms with Crippen LogP contribution in [-0.4, -0.2) is 27.7 Å². The van der Waals surface area contributed by atoms with Crippen LogP contribution >= 0.6 is 22.9 Å². The molecule has 0 aliphatic heterocycles. The van der Waals surface area contributed by atoms with Gasteiger partial charge in [-0.3, -0.25) is 0 Å². The second-order valence-electron chi connectivity index (χ2n) is 8.18. The van der Waals surface area contributed by atoms with Gasteiger partial charge in [0.25, 0.3) is 0 Å². The molecule has 2 N–H and O–H groups in total. The number of alkyl halides is 1. The van der Waals surface area contributed by atoms with Crippen LogP contribution in [0.5, 0.6) is 0 Å². The molecule has 3 nitrogen and oxygen atoms in total. The molecule has 2 saturated carbocycles. The normalized spacial score (nSPS) is 24.4. The van der Waals surface area contributed by atoms with E-state index in [4.69, 9.17) is 16.7 Å². The standard InChI is InChI=1S/C15H25ClO.C8H10O2S/c1-2-15(10-5-11-15)14(17)9-4-7-12-6-3-8-13(12)16;1-2-3-6-4-5-7(11-6)8(9)10/h4,7,12-14,17H,2-3,5-6,8-11H2,1H3;4-5H,2-3H2,1H3,(H,9,10)/b7-4+;/t12-,13?,14?;/m0./s1. The van der Waals surface area contributed by atoms with Crippen molar-refractivity contribution < 1.29 is 15.0 Å². The lowest BCUT2D eigenvalue weighted by molar-refractivity contribution is -0.0355. The topological polar surface area (TPSA) is 57.5 Å². The molecule has 1 aromatic rings. The van der Waals surface area contributed by atoms with Gasteiger partial charge in [0, 0.05) is 10.3 Å². The van der Waals surface area contributed by atoms with E-state index in [-0.39, 0.29) is 11.5 Å². The van der Waals surface area contributed by atoms with Crippen LogP contribution in [-0.2, 0) is 6.42 Å². The quantitative estimate of drug-likeness (QED) is 0.360. The molecule has 1 heterocycles. The lowest BCUT2D eigenvalue weighted by Crippen LogP contribution is -2.40. The Hall–Kier alpha value is -0.840. The fraction of sp³-hybridized carbons (Fsp3) is 0.696. The summed E-state index contributed by atoms with van der Waals surface area (Å²) in [4.78, 5) is 12.0. The molecule has 2 fully saturated rings. The van der Waals surface area contributed by atoms with E-state index in [2.05, 4.69) is 26.0 Å². The van der Waals surface area contributed by atoms with Crippen molar-refractivity contribution in [2.24, 2.45) is 11.3 Å². The average Bonchev–Trinajstić information content (AvgIpc) is 3.25. The van der Waals surface area contributed by atoms with Gasteiger partial charge < -0.3 is 10.2 Å². The van der Waals surface area contributed by atoms with Crippen LogP contribution in [0.15, 0.2) is 24.3 Å². The minimum atomic E-state index is -0.822. The summed E-state index contributed by atoms with van der Waals surface area (Å²) in [7, 11) is 0. The van der Waals surface area contributed by atoms with Gasteiger partial charge in [-0.2, -0.15) is 0 Å². The molecule has 0 amide bonds. The first-order valence-electron chi connectivity index (χ1n) is 10.7. The van der Waals surface area contributed by atoms with E-state index in [1.807, 2.05) is 6.07 Å². The molecular formula is C23H35ClO3S. The minimum Gasteiger partial charge on any atom is -0.477 e. The van der Waals surface area contributed by atoms with Crippen LogP contribution in [0.2, 0.25) is 0 Å². The van der Waals surface area contributed by atoms with Gasteiger partial charge >= 0.3 is 5.97 Å². The number of carboxylic acid groups (broad SMARTS) is 1. The summed E-state index contributed by atoms with van der Waals surface area (Å²) in [5, 5.41) is 19.2. The summed E-state index contributed by atoms with van der Waals surface area (Å²) >= 11 is 7.60. The van der Waals surface area contributed by atoms with Crippen LogP contribution < -0.4 is 0 Å². The maximum Gasteiger partial charge on any atom is 0.345 e. The molecule has 5 heteroatoms. The SMILES string of the molecule is CCC1(C(O)C/C=C/[C@@H]2CCCC2Cl)CCC1.CCCc1ccc(C(=O)O)s1. The number of carbonyl (C=O) groups is 1. The van der Waals surface area contributed by atoms with E-state index in [0.717, 1.165) is 37.0 Å². The Morgan fingerprint density at radius 1 is 1.32 bits per heavy atom. The molecule has 3 rings (SSSR count). The van der Waals surface area contributed by atoms with Gasteiger partial charge in [0.2, 0.25) is 0 Å². The monoisotopic (exact) mass is 426 g/mol. The van der Waals surface area contributed by atoms with Gasteiger partial charge in [-0.15, -0.1) is 22.9 Å². The first kappa shape index (κ1) is 23.4. The third-order valence-corrected chi connectivity index (χ3v) is 8.03. The molecule has 2 aliphatic rings. The van der Waals surface area contributed by atoms with Crippen molar-refractivity contribution in [2.75, 3.05) is 0 Å². The maximum absolute atomic E-state index is 10.4. The number of rotatable bonds is 8. The number of aryl methyl sites for hydroxylation is 1. The molecule has 2 aliphatic carbocycles. The molecule has 0 spiro atoms. The van der Waals surface area contributed by atoms with Crippen molar-refractivity contribution >= 4 is 28.9 Å². The van der Waals surface area contributed by atoms with Gasteiger partial charge in [-0.1, -0.05) is 45.3 Å². The second kappa shape index (κ2) is 11.4. The second-order valence-corrected chi connectivity index (χ2v) is 9.91. The van der Waals surface area contributed by atoms with Crippen LogP contribution in [0.1, 0.15) is 86.2 Å². The zero-order valence-electron chi connectivity index (χ0n) is 17.2. The predicted octanol–water partition coefficient (Wildman–Crippen LogP) is 6.68. The van der Waals surface area contributed by atoms with E-state index >= 15 is 0 Å². The van der Waals surface area contributed by atoms with Crippen molar-refractivity contribution in [3.63, 3.8) is 0 Å². The Morgan fingerprint density at radius 3 is 2.54 bits per heavy atom. The lowest BCUT2D eigenvalue weighted by atomic mass is 9.63. The summed E-state index contributed by atoms with van der Waals surface area (Å²) in [6.45, 7) is 4.29. The number of aromatic carboxylic acids is 1. The van der Waals surface area contributed by atoms with Crippen LogP contribution in [0.3, 0.4) is 0 Å². The Kier molecular flexibility index (Phi) is 9.52. The number of aliphatic hydroxyl groups is 1. The van der Waals surface area contributed by atoms with Gasteiger partial charge in [0.15, 0.2) is 0 Å². The Balaban J connectivity index is 0.000000221. The third-order valence-electron chi connectivity index (χ3n) is 6.35. The molecule has 0 saturated heterocycles. The fourth-order valence-corrected chi connectivity index (χ4v) is 5.53. The summed E-state index contributed by atoms with van der Waals surface area (Å²) in [5.74, 6) is -0.278. The van der Waals surface area contributed by atoms with Gasteiger partial charge in [0.05, 0.1) is 6.10 Å². The smallest absolute Gasteiger partial charge is 0.345 e. The van der Waals surface area contributed by atoms with E-state index in [1.165, 1.54) is 43.4 Å². The van der Waals surface area contributed by atoms with Crippen LogP contribution in [0.25, 0.3) is 0 Å². The molecule has 2 unspecified atom stereocenters. The summed E-state index contributed by atoms with van der Waals surface area (Å²) in [6, 6.07) is 3.55. The molecule has 0 bridgehead atoms. The van der Waals surface area contributed by atoms with E-state index in [0.29, 0.717) is 16.2 Å². The Bertz CT molecular complexity index is 630. The highest BCUT2D eigenvalue weighted by Crippen LogP contribution is 2.47. The molecule has 0 radical (unpaired) electrons. The van der Waals surface area contributed by atoms with Gasteiger partial charge in [-0.25, -0.2) is 4.79 Å². The molecule has 28 heavy (non-hydrogen) atoms. The minimum absolute atomic E-state index is 0.146. The zero-order valence-corrected chi connectivity index (χ0v) is 18.8. The number of thiophene rings is 1. The third kappa shape index (κ3) is 6.33. The zero-order chi connectivity index (χ0) is 20.6. The van der Waals surface area contributed by atoms with E-state index < -0.39 is 5.97 Å². The highest BCUT2D eigenvalue weighted by Gasteiger charge is 2.40. The summed E-state index contributed by atoms with van der Waals surface area (Å²) in [5.41, 5.74) is 0.236. The summed E-state index contributed by atoms with van der Waals surface area (Å²) in [6.07, 6.45) is 15.6. The van der Waals surface area contributed by atoms with Crippen molar-refractivity contribution in [3.8, 4) is 0 Å². The van der Waals surface area contributed by atoms with Crippen molar-refractivity contribution in [3.05, 3.63) is 34.0 Å². The first-order valence-corrected chi connectivity index (χ1v) is 12.0. The maximum atomic E-state index is 10.4. The number of hydrogen-bond donors (Lipinski definition) is 2. The first-order chi connectivity index (χ1) is 13.4. The van der Waals surface area contributed by atoms with E-state index in [1.54, 1.807) is 6.07 Å². The van der Waals surface area contributed by atoms with Crippen molar-refractivity contribution in [2.45, 2.75) is 89.5 Å². The van der Waals surface area contributed by atoms with E-state index in [9.17, 15) is 9.90 Å². The largest absolute Gasteiger partial charge is 0.477 e. The van der Waals surface area contributed by atoms with Crippen LogP contribution in [0.4, 0.5) is 0 Å². The predicted molar refractivity (Wildman–Crippen MR) is 119 cm³/mol. The molecule has 1 aromatic heterocycles. The average molecular weight is 427 g/mol. The molecular weight excluding hydrogens is 392 g/mol. The molecule has 158 valence electrons. The van der Waals surface area contributed by atoms with Gasteiger partial charge in [-0.05, 0) is 68.4 Å². The molecule has 3 atom stereocenters. The van der Waals surface area contributed by atoms with Crippen LogP contribution in [0, 0.1) is 11.3 Å². The number of allylic oxidation sites excluding steroid dienone is 1. The lowest BCUT2D eigenvalue weighted by Gasteiger charge is -2.45. The molecule has 0 aromatic carbocycles.